The number of nitro groups is 1. The van der Waals surface area contributed by atoms with E-state index in [1.165, 1.54) is 18.2 Å². The Morgan fingerprint density at radius 3 is 1.62 bits per heavy atom. The maximum atomic E-state index is 13.8. The minimum atomic E-state index is -0.978. The van der Waals surface area contributed by atoms with E-state index in [2.05, 4.69) is 15.3 Å². The number of ether oxygens (including phenoxy) is 2. The van der Waals surface area contributed by atoms with Gasteiger partial charge < -0.3 is 14.8 Å². The number of nitrogens with one attached hydrogen (secondary N) is 1. The molecule has 0 bridgehead atoms. The third-order valence-corrected chi connectivity index (χ3v) is 9.08. The van der Waals surface area contributed by atoms with Crippen molar-refractivity contribution in [2.75, 3.05) is 13.2 Å². The highest BCUT2D eigenvalue weighted by atomic mass is 16.6. The van der Waals surface area contributed by atoms with Crippen molar-refractivity contribution in [1.82, 2.24) is 15.3 Å². The first-order valence-corrected chi connectivity index (χ1v) is 17.8. The number of hydrogen-bond donors (Lipinski definition) is 1. The topological polar surface area (TPSA) is 134 Å². The van der Waals surface area contributed by atoms with E-state index < -0.39 is 22.8 Å². The molecule has 10 nitrogen and oxygen atoms in total. The van der Waals surface area contributed by atoms with E-state index in [1.54, 1.807) is 44.5 Å². The van der Waals surface area contributed by atoms with Crippen molar-refractivity contribution in [3.05, 3.63) is 206 Å². The predicted octanol–water partition coefficient (Wildman–Crippen LogP) is 8.31. The lowest BCUT2D eigenvalue weighted by Crippen LogP contribution is -2.32. The summed E-state index contributed by atoms with van der Waals surface area (Å²) in [6.45, 7) is 3.35. The van der Waals surface area contributed by atoms with Gasteiger partial charge in [-0.25, -0.2) is 9.59 Å². The van der Waals surface area contributed by atoms with Crippen LogP contribution in [0.1, 0.15) is 58.7 Å². The highest BCUT2D eigenvalue weighted by Crippen LogP contribution is 2.40. The van der Waals surface area contributed by atoms with E-state index >= 15 is 0 Å². The van der Waals surface area contributed by atoms with Crippen LogP contribution in [0.4, 0.5) is 5.69 Å². The van der Waals surface area contributed by atoms with Crippen LogP contribution < -0.4 is 5.32 Å². The predicted molar refractivity (Wildman–Crippen MR) is 211 cm³/mol. The number of esters is 2. The number of pyridine rings is 2. The molecule has 0 unspecified atom stereocenters. The summed E-state index contributed by atoms with van der Waals surface area (Å²) in [5, 5.41) is 14.9. The average Bonchev–Trinajstić information content (AvgIpc) is 3.20. The van der Waals surface area contributed by atoms with Crippen LogP contribution in [0.25, 0.3) is 12.2 Å². The number of dihydropyridines is 1. The number of benzene rings is 3. The van der Waals surface area contributed by atoms with Gasteiger partial charge in [0.05, 0.1) is 22.0 Å². The number of hydrogen-bond acceptors (Lipinski definition) is 9. The van der Waals surface area contributed by atoms with Crippen molar-refractivity contribution < 1.29 is 24.0 Å². The van der Waals surface area contributed by atoms with Gasteiger partial charge in [-0.3, -0.25) is 20.1 Å². The lowest BCUT2D eigenvalue weighted by Gasteiger charge is -2.30. The standard InChI is InChI=1S/C45H40N4O6/c1-31-41(44(50)54-24-6-10-33-14-18-35(19-15-33)26-37-8-4-22-46-29-37)43(39-12-3-13-40(28-39)49(52)53)42(32(2)48-31)45(51)55-25-7-11-34-16-20-36(21-17-34)27-38-9-5-23-47-30-38/h3-23,28-30,43,48H,24-27H2,1-2H3/b10-6+,11-7+. The molecule has 0 saturated heterocycles. The van der Waals surface area contributed by atoms with Crippen LogP contribution >= 0.6 is 0 Å². The number of carbonyl (C=O) groups is 2. The summed E-state index contributed by atoms with van der Waals surface area (Å²) in [5.41, 5.74) is 7.88. The Kier molecular flexibility index (Phi) is 12.5. The quantitative estimate of drug-likeness (QED) is 0.0680. The van der Waals surface area contributed by atoms with E-state index in [0.29, 0.717) is 17.0 Å². The fraction of sp³-hybridized carbons (Fsp3) is 0.156. The largest absolute Gasteiger partial charge is 0.458 e. The molecule has 0 spiro atoms. The van der Waals surface area contributed by atoms with Gasteiger partial charge in [-0.05, 0) is 89.9 Å². The molecule has 1 aliphatic heterocycles. The van der Waals surface area contributed by atoms with E-state index in [0.717, 1.165) is 46.2 Å². The second-order valence-electron chi connectivity index (χ2n) is 13.0. The fourth-order valence-electron chi connectivity index (χ4n) is 6.43. The van der Waals surface area contributed by atoms with Gasteiger partial charge in [-0.15, -0.1) is 0 Å². The monoisotopic (exact) mass is 732 g/mol. The first-order valence-electron chi connectivity index (χ1n) is 17.8. The van der Waals surface area contributed by atoms with Gasteiger partial charge in [0.25, 0.3) is 5.69 Å². The third-order valence-electron chi connectivity index (χ3n) is 9.08. The Bertz CT molecular complexity index is 2130. The zero-order chi connectivity index (χ0) is 38.6. The summed E-state index contributed by atoms with van der Waals surface area (Å²) in [6, 6.07) is 29.9. The molecular formula is C45H40N4O6. The molecule has 10 heteroatoms. The lowest BCUT2D eigenvalue weighted by molar-refractivity contribution is -0.384. The Morgan fingerprint density at radius 2 is 1.18 bits per heavy atom. The number of allylic oxidation sites excluding steroid dienone is 2. The molecule has 0 fully saturated rings. The van der Waals surface area contributed by atoms with Crippen LogP contribution in [0.2, 0.25) is 0 Å². The van der Waals surface area contributed by atoms with Crippen molar-refractivity contribution in [2.24, 2.45) is 0 Å². The van der Waals surface area contributed by atoms with Crippen LogP contribution in [0.15, 0.2) is 157 Å². The summed E-state index contributed by atoms with van der Waals surface area (Å²) in [7, 11) is 0. The number of aromatic nitrogens is 2. The van der Waals surface area contributed by atoms with Crippen molar-refractivity contribution in [3.8, 4) is 0 Å². The van der Waals surface area contributed by atoms with Crippen LogP contribution in [-0.4, -0.2) is 40.0 Å². The summed E-state index contributed by atoms with van der Waals surface area (Å²) in [5.74, 6) is -2.31. The summed E-state index contributed by atoms with van der Waals surface area (Å²) >= 11 is 0. The maximum absolute atomic E-state index is 13.8. The normalized spacial score (nSPS) is 13.3. The van der Waals surface area contributed by atoms with Gasteiger partial charge in [0.1, 0.15) is 13.2 Å². The van der Waals surface area contributed by atoms with Gasteiger partial charge in [0.2, 0.25) is 0 Å². The molecule has 0 radical (unpaired) electrons. The third kappa shape index (κ3) is 10.1. The van der Waals surface area contributed by atoms with Gasteiger partial charge in [0, 0.05) is 48.3 Å². The molecule has 0 saturated carbocycles. The SMILES string of the molecule is CC1=C(C(=O)OC/C=C/c2ccc(Cc3cccnc3)cc2)C(c2cccc([N+](=O)[O-])c2)C(C(=O)OC/C=C/c2ccc(Cc3cccnc3)cc2)=C(C)N1. The molecule has 3 aromatic carbocycles. The van der Waals surface area contributed by atoms with Crippen LogP contribution in [0.5, 0.6) is 0 Å². The highest BCUT2D eigenvalue weighted by Gasteiger charge is 2.38. The Labute approximate surface area is 319 Å². The Hall–Kier alpha value is -6.94. The second-order valence-corrected chi connectivity index (χ2v) is 13.0. The molecule has 1 aliphatic rings. The zero-order valence-corrected chi connectivity index (χ0v) is 30.6. The van der Waals surface area contributed by atoms with E-state index in [9.17, 15) is 19.7 Å². The average molecular weight is 733 g/mol. The molecule has 5 aromatic rings. The van der Waals surface area contributed by atoms with Crippen molar-refractivity contribution in [1.29, 1.82) is 0 Å². The molecule has 2 aromatic heterocycles. The fourth-order valence-corrected chi connectivity index (χ4v) is 6.43. The highest BCUT2D eigenvalue weighted by molar-refractivity contribution is 6.00. The van der Waals surface area contributed by atoms with Crippen LogP contribution in [0, 0.1) is 10.1 Å². The molecule has 0 atom stereocenters. The Balaban J connectivity index is 1.13. The van der Waals surface area contributed by atoms with Gasteiger partial charge in [-0.1, -0.05) is 84.9 Å². The maximum Gasteiger partial charge on any atom is 0.337 e. The van der Waals surface area contributed by atoms with Gasteiger partial charge in [-0.2, -0.15) is 0 Å². The summed E-state index contributed by atoms with van der Waals surface area (Å²) in [4.78, 5) is 47.1. The molecule has 3 heterocycles. The van der Waals surface area contributed by atoms with E-state index in [1.807, 2.05) is 97.3 Å². The van der Waals surface area contributed by atoms with E-state index in [4.69, 9.17) is 9.47 Å². The molecule has 0 aliphatic carbocycles. The zero-order valence-electron chi connectivity index (χ0n) is 30.6. The van der Waals surface area contributed by atoms with Crippen molar-refractivity contribution >= 4 is 29.8 Å². The number of rotatable bonds is 14. The number of nitro benzene ring substituents is 1. The number of carbonyl (C=O) groups excluding carboxylic acids is 2. The number of non-ortho nitro benzene ring substituents is 1. The van der Waals surface area contributed by atoms with Crippen molar-refractivity contribution in [2.45, 2.75) is 32.6 Å². The summed E-state index contributed by atoms with van der Waals surface area (Å²) in [6.07, 6.45) is 15.9. The minimum absolute atomic E-state index is 0.0353. The molecule has 276 valence electrons. The summed E-state index contributed by atoms with van der Waals surface area (Å²) < 4.78 is 11.4. The second kappa shape index (κ2) is 18.2. The van der Waals surface area contributed by atoms with Crippen molar-refractivity contribution in [3.63, 3.8) is 0 Å². The van der Waals surface area contributed by atoms with E-state index in [-0.39, 0.29) is 30.0 Å². The van der Waals surface area contributed by atoms with Crippen LogP contribution in [-0.2, 0) is 31.9 Å². The van der Waals surface area contributed by atoms with Crippen LogP contribution in [0.3, 0.4) is 0 Å². The number of nitrogens with zero attached hydrogens (tertiary/aromatic N) is 3. The van der Waals surface area contributed by atoms with Gasteiger partial charge >= 0.3 is 11.9 Å². The smallest absolute Gasteiger partial charge is 0.337 e. The molecule has 6 rings (SSSR count). The molecule has 1 N–H and O–H groups in total. The first-order chi connectivity index (χ1) is 26.7. The lowest BCUT2D eigenvalue weighted by atomic mass is 9.80. The van der Waals surface area contributed by atoms with Gasteiger partial charge in [0.15, 0.2) is 0 Å². The molecule has 0 amide bonds. The first kappa shape index (κ1) is 37.8. The molecular weight excluding hydrogens is 693 g/mol. The Morgan fingerprint density at radius 1 is 0.691 bits per heavy atom. The minimum Gasteiger partial charge on any atom is -0.458 e. The molecule has 55 heavy (non-hydrogen) atoms.